The molecule has 0 aliphatic heterocycles. The molecule has 0 radical (unpaired) electrons. The number of methoxy groups -OCH3 is 1. The molecule has 4 aliphatic carbocycles. The third-order valence-electron chi connectivity index (χ3n) is 10.9. The van der Waals surface area contributed by atoms with Gasteiger partial charge in [0.15, 0.2) is 0 Å². The van der Waals surface area contributed by atoms with E-state index in [-0.39, 0.29) is 71.0 Å². The quantitative estimate of drug-likeness (QED) is 0.375. The molecule has 0 unspecified atom stereocenters. The van der Waals surface area contributed by atoms with Gasteiger partial charge in [0.1, 0.15) is 18.0 Å². The average molecular weight is 505 g/mol. The van der Waals surface area contributed by atoms with Crippen molar-refractivity contribution >= 4 is 23.7 Å². The molecule has 10 atom stereocenters. The van der Waals surface area contributed by atoms with E-state index < -0.39 is 5.41 Å². The van der Waals surface area contributed by atoms with Crippen LogP contribution in [-0.4, -0.2) is 43.0 Å². The highest BCUT2D eigenvalue weighted by atomic mass is 16.5. The van der Waals surface area contributed by atoms with Crippen LogP contribution < -0.4 is 0 Å². The Labute approximate surface area is 215 Å². The molecule has 4 rings (SSSR count). The lowest BCUT2D eigenvalue weighted by molar-refractivity contribution is -0.196. The fourth-order valence-electron chi connectivity index (χ4n) is 9.14. The molecular weight excluding hydrogens is 460 g/mol. The van der Waals surface area contributed by atoms with Gasteiger partial charge < -0.3 is 14.2 Å². The van der Waals surface area contributed by atoms with Crippen LogP contribution in [0.15, 0.2) is 0 Å². The summed E-state index contributed by atoms with van der Waals surface area (Å²) >= 11 is 0. The molecular formula is C29H44O7. The van der Waals surface area contributed by atoms with Crippen LogP contribution in [0.4, 0.5) is 0 Å². The maximum absolute atomic E-state index is 14.0. The fraction of sp³-hybridized carbons (Fsp3) is 0.862. The van der Waals surface area contributed by atoms with Crippen molar-refractivity contribution in [2.75, 3.05) is 7.11 Å². The van der Waals surface area contributed by atoms with Gasteiger partial charge in [0.25, 0.3) is 0 Å². The molecule has 0 saturated heterocycles. The summed E-state index contributed by atoms with van der Waals surface area (Å²) in [4.78, 5) is 49.7. The van der Waals surface area contributed by atoms with Crippen molar-refractivity contribution in [2.24, 2.45) is 46.3 Å². The molecule has 0 amide bonds. The van der Waals surface area contributed by atoms with Gasteiger partial charge in [0, 0.05) is 38.0 Å². The van der Waals surface area contributed by atoms with E-state index >= 15 is 0 Å². The molecule has 7 nitrogen and oxygen atoms in total. The minimum absolute atomic E-state index is 0.0382. The van der Waals surface area contributed by atoms with Crippen molar-refractivity contribution in [3.63, 3.8) is 0 Å². The minimum Gasteiger partial charge on any atom is -0.469 e. The Bertz CT molecular complexity index is 898. The Balaban J connectivity index is 1.62. The van der Waals surface area contributed by atoms with Gasteiger partial charge in [-0.25, -0.2) is 0 Å². The lowest BCUT2D eigenvalue weighted by Gasteiger charge is -2.62. The van der Waals surface area contributed by atoms with Crippen molar-refractivity contribution in [3.05, 3.63) is 0 Å². The van der Waals surface area contributed by atoms with E-state index in [1.165, 1.54) is 21.0 Å². The maximum Gasteiger partial charge on any atom is 0.305 e. The number of esters is 3. The molecule has 36 heavy (non-hydrogen) atoms. The Hall–Kier alpha value is -1.92. The molecule has 4 saturated carbocycles. The summed E-state index contributed by atoms with van der Waals surface area (Å²) in [5.74, 6) is 0.785. The van der Waals surface area contributed by atoms with E-state index in [1.54, 1.807) is 0 Å². The van der Waals surface area contributed by atoms with Crippen molar-refractivity contribution in [2.45, 2.75) is 105 Å². The lowest BCUT2D eigenvalue weighted by atomic mass is 9.43. The third kappa shape index (κ3) is 4.60. The number of hydrogen-bond donors (Lipinski definition) is 0. The van der Waals surface area contributed by atoms with Gasteiger partial charge in [0.05, 0.1) is 7.11 Å². The van der Waals surface area contributed by atoms with Crippen LogP contribution >= 0.6 is 0 Å². The summed E-state index contributed by atoms with van der Waals surface area (Å²) in [6.45, 7) is 9.57. The number of hydrogen-bond acceptors (Lipinski definition) is 7. The van der Waals surface area contributed by atoms with E-state index in [0.29, 0.717) is 25.0 Å². The number of carbonyl (C=O) groups is 4. The summed E-state index contributed by atoms with van der Waals surface area (Å²) in [7, 11) is 1.41. The first kappa shape index (κ1) is 27.1. The number of Topliss-reactive ketones (excluding diaryl/α,β-unsaturated/α-hetero) is 1. The summed E-state index contributed by atoms with van der Waals surface area (Å²) in [5, 5.41) is 0. The largest absolute Gasteiger partial charge is 0.469 e. The molecule has 0 aromatic carbocycles. The van der Waals surface area contributed by atoms with Crippen LogP contribution in [0.25, 0.3) is 0 Å². The SMILES string of the molecule is COC(=O)CC[C@H](C)[C@@H]1CC[C@@H]2[C@H]3[C@H](OC(C)=O)C[C@@H]4C[C@H](OC(C)=O)CC[C@@]4(C)[C@H]3CC(=O)[C@@]21C. The Morgan fingerprint density at radius 1 is 1.00 bits per heavy atom. The summed E-state index contributed by atoms with van der Waals surface area (Å²) in [6.07, 6.45) is 6.44. The first-order valence-corrected chi connectivity index (χ1v) is 13.9. The number of ketones is 1. The second-order valence-corrected chi connectivity index (χ2v) is 12.6. The number of fused-ring (bicyclic) bond motifs is 5. The predicted molar refractivity (Wildman–Crippen MR) is 133 cm³/mol. The van der Waals surface area contributed by atoms with Gasteiger partial charge in [-0.15, -0.1) is 0 Å². The molecule has 0 spiro atoms. The fourth-order valence-corrected chi connectivity index (χ4v) is 9.14. The van der Waals surface area contributed by atoms with Crippen molar-refractivity contribution in [3.8, 4) is 0 Å². The first-order valence-electron chi connectivity index (χ1n) is 13.9. The average Bonchev–Trinajstić information content (AvgIpc) is 3.16. The summed E-state index contributed by atoms with van der Waals surface area (Å²) < 4.78 is 16.5. The second-order valence-electron chi connectivity index (χ2n) is 12.6. The standard InChI is InChI=1S/C29H44O7/c1-16(7-10-26(33)34-6)21-8-9-22-27-23(15-25(32)29(21,22)5)28(4)12-11-20(35-17(2)30)13-19(28)14-24(27)36-18(3)31/h16,19-24,27H,7-15H2,1-6H3/t16-,19-,20+,21-,22+,23-,24+,27+,28+,29+/m0/s1. The smallest absolute Gasteiger partial charge is 0.305 e. The van der Waals surface area contributed by atoms with Crippen LogP contribution in [0.1, 0.15) is 92.4 Å². The molecule has 202 valence electrons. The van der Waals surface area contributed by atoms with Gasteiger partial charge in [-0.3, -0.25) is 19.2 Å². The number of rotatable bonds is 6. The summed E-state index contributed by atoms with van der Waals surface area (Å²) in [6, 6.07) is 0. The van der Waals surface area contributed by atoms with Crippen LogP contribution in [0.5, 0.6) is 0 Å². The van der Waals surface area contributed by atoms with Gasteiger partial charge >= 0.3 is 17.9 Å². The van der Waals surface area contributed by atoms with Crippen LogP contribution in [-0.2, 0) is 33.4 Å². The molecule has 4 aliphatic rings. The predicted octanol–water partition coefficient (Wildman–Crippen LogP) is 4.89. The van der Waals surface area contributed by atoms with E-state index in [2.05, 4.69) is 20.8 Å². The van der Waals surface area contributed by atoms with Gasteiger partial charge in [0.2, 0.25) is 0 Å². The molecule has 4 fully saturated rings. The van der Waals surface area contributed by atoms with Crippen LogP contribution in [0.2, 0.25) is 0 Å². The molecule has 7 heteroatoms. The first-order chi connectivity index (χ1) is 16.9. The van der Waals surface area contributed by atoms with Gasteiger partial charge in [-0.2, -0.15) is 0 Å². The van der Waals surface area contributed by atoms with Gasteiger partial charge in [-0.05, 0) is 80.0 Å². The zero-order valence-electron chi connectivity index (χ0n) is 22.8. The zero-order valence-corrected chi connectivity index (χ0v) is 22.8. The topological polar surface area (TPSA) is 96.0 Å². The Morgan fingerprint density at radius 3 is 2.33 bits per heavy atom. The maximum atomic E-state index is 14.0. The van der Waals surface area contributed by atoms with E-state index in [4.69, 9.17) is 14.2 Å². The highest BCUT2D eigenvalue weighted by molar-refractivity contribution is 5.87. The van der Waals surface area contributed by atoms with Crippen LogP contribution in [0.3, 0.4) is 0 Å². The van der Waals surface area contributed by atoms with Crippen molar-refractivity contribution in [1.82, 2.24) is 0 Å². The van der Waals surface area contributed by atoms with Gasteiger partial charge in [-0.1, -0.05) is 20.8 Å². The van der Waals surface area contributed by atoms with E-state index in [0.717, 1.165) is 38.5 Å². The van der Waals surface area contributed by atoms with E-state index in [9.17, 15) is 19.2 Å². The van der Waals surface area contributed by atoms with Crippen LogP contribution in [0, 0.1) is 46.3 Å². The highest BCUT2D eigenvalue weighted by Gasteiger charge is 2.66. The Morgan fingerprint density at radius 2 is 1.69 bits per heavy atom. The van der Waals surface area contributed by atoms with Crippen molar-refractivity contribution < 1.29 is 33.4 Å². The minimum atomic E-state index is -0.465. The Kier molecular flexibility index (Phi) is 7.60. The molecule has 0 bridgehead atoms. The third-order valence-corrected chi connectivity index (χ3v) is 10.9. The number of carbonyl (C=O) groups excluding carboxylic acids is 4. The molecule has 0 aromatic rings. The van der Waals surface area contributed by atoms with Crippen molar-refractivity contribution in [1.29, 1.82) is 0 Å². The molecule has 0 N–H and O–H groups in total. The lowest BCUT2D eigenvalue weighted by Crippen LogP contribution is -2.62. The number of ether oxygens (including phenoxy) is 3. The normalized spacial score (nSPS) is 42.4. The monoisotopic (exact) mass is 504 g/mol. The van der Waals surface area contributed by atoms with E-state index in [1.807, 2.05) is 0 Å². The summed E-state index contributed by atoms with van der Waals surface area (Å²) in [5.41, 5.74) is -0.503. The zero-order chi connectivity index (χ0) is 26.4. The molecule has 0 aromatic heterocycles. The molecule has 0 heterocycles. The highest BCUT2D eigenvalue weighted by Crippen LogP contribution is 2.67. The second kappa shape index (κ2) is 10.1.